The third-order valence-corrected chi connectivity index (χ3v) is 1.42. The van der Waals surface area contributed by atoms with Gasteiger partial charge in [0, 0.05) is 18.7 Å². The molecule has 4 heteroatoms. The summed E-state index contributed by atoms with van der Waals surface area (Å²) in [5.41, 5.74) is 0. The zero-order valence-corrected chi connectivity index (χ0v) is 5.92. The zero-order valence-electron chi connectivity index (χ0n) is 5.92. The maximum absolute atomic E-state index is 11.6. The number of hydrogen-bond acceptors (Lipinski definition) is 2. The number of carbonyl (C=O) groups excluding carboxylic acids is 2. The predicted molar refractivity (Wildman–Crippen MR) is 36.5 cm³/mol. The first-order chi connectivity index (χ1) is 5.25. The minimum Gasteiger partial charge on any atom is -0.275 e. The van der Waals surface area contributed by atoms with Crippen LogP contribution in [0.3, 0.4) is 0 Å². The molecule has 0 aromatic rings. The van der Waals surface area contributed by atoms with Crippen LogP contribution in [0.4, 0.5) is 4.39 Å². The van der Waals surface area contributed by atoms with E-state index in [0.717, 1.165) is 4.90 Å². The Balaban J connectivity index is 2.46. The van der Waals surface area contributed by atoms with Crippen LogP contribution in [0.25, 0.3) is 0 Å². The molecule has 1 heterocycles. The topological polar surface area (TPSA) is 37.4 Å². The van der Waals surface area contributed by atoms with E-state index in [-0.39, 0.29) is 24.8 Å². The second-order valence-corrected chi connectivity index (χ2v) is 2.20. The molecule has 0 aromatic carbocycles. The van der Waals surface area contributed by atoms with Crippen molar-refractivity contribution >= 4 is 11.8 Å². The summed E-state index contributed by atoms with van der Waals surface area (Å²) in [6.45, 7) is -0.321. The molecule has 0 fully saturated rings. The van der Waals surface area contributed by atoms with Crippen LogP contribution in [-0.4, -0.2) is 29.9 Å². The lowest BCUT2D eigenvalue weighted by molar-refractivity contribution is -0.136. The molecule has 0 aromatic heterocycles. The van der Waals surface area contributed by atoms with Crippen LogP contribution in [0.2, 0.25) is 0 Å². The van der Waals surface area contributed by atoms with Crippen LogP contribution in [0, 0.1) is 0 Å². The fraction of sp³-hybridized carbons (Fsp3) is 0.429. The second kappa shape index (κ2) is 3.27. The van der Waals surface area contributed by atoms with Crippen LogP contribution < -0.4 is 0 Å². The first-order valence-electron chi connectivity index (χ1n) is 3.35. The predicted octanol–water partition coefficient (Wildman–Crippen LogP) is 0.271. The number of hydrogen-bond donors (Lipinski definition) is 0. The number of alkyl halides is 1. The number of imide groups is 1. The monoisotopic (exact) mass is 157 g/mol. The molecule has 0 spiro atoms. The van der Waals surface area contributed by atoms with Gasteiger partial charge < -0.3 is 0 Å². The fourth-order valence-electron chi connectivity index (χ4n) is 0.869. The van der Waals surface area contributed by atoms with Crippen molar-refractivity contribution in [2.75, 3.05) is 13.2 Å². The SMILES string of the molecule is O=C1C=CC(=O)N1CCCF. The van der Waals surface area contributed by atoms with Crippen molar-refractivity contribution in [3.05, 3.63) is 12.2 Å². The minimum atomic E-state index is -0.503. The highest BCUT2D eigenvalue weighted by Gasteiger charge is 2.21. The molecule has 3 nitrogen and oxygen atoms in total. The van der Waals surface area contributed by atoms with Gasteiger partial charge in [-0.05, 0) is 6.42 Å². The van der Waals surface area contributed by atoms with Crippen LogP contribution in [0.1, 0.15) is 6.42 Å². The van der Waals surface area contributed by atoms with E-state index < -0.39 is 6.67 Å². The molecule has 0 aliphatic carbocycles. The van der Waals surface area contributed by atoms with Crippen molar-refractivity contribution in [3.63, 3.8) is 0 Å². The van der Waals surface area contributed by atoms with Gasteiger partial charge in [-0.1, -0.05) is 0 Å². The molecular formula is C7H8FNO2. The van der Waals surface area contributed by atoms with Crippen LogP contribution in [-0.2, 0) is 9.59 Å². The third kappa shape index (κ3) is 1.63. The van der Waals surface area contributed by atoms with Crippen molar-refractivity contribution in [3.8, 4) is 0 Å². The van der Waals surface area contributed by atoms with Crippen molar-refractivity contribution in [1.29, 1.82) is 0 Å². The second-order valence-electron chi connectivity index (χ2n) is 2.20. The Bertz CT molecular complexity index is 194. The highest BCUT2D eigenvalue weighted by molar-refractivity contribution is 6.12. The molecule has 1 rings (SSSR count). The highest BCUT2D eigenvalue weighted by atomic mass is 19.1. The molecule has 60 valence electrons. The lowest BCUT2D eigenvalue weighted by Gasteiger charge is -2.11. The van der Waals surface area contributed by atoms with Gasteiger partial charge in [0.05, 0.1) is 6.67 Å². The molecule has 0 saturated carbocycles. The molecule has 0 unspecified atom stereocenters. The Morgan fingerprint density at radius 2 is 1.82 bits per heavy atom. The molecule has 0 N–H and O–H groups in total. The Labute approximate surface area is 63.5 Å². The Morgan fingerprint density at radius 3 is 2.27 bits per heavy atom. The quantitative estimate of drug-likeness (QED) is 0.551. The van der Waals surface area contributed by atoms with Gasteiger partial charge in [-0.15, -0.1) is 0 Å². The number of carbonyl (C=O) groups is 2. The normalized spacial score (nSPS) is 16.6. The standard InChI is InChI=1S/C7H8FNO2/c8-4-1-5-9-6(10)2-3-7(9)11/h2-3H,1,4-5H2. The molecule has 0 bridgehead atoms. The maximum atomic E-state index is 11.6. The number of rotatable bonds is 3. The van der Waals surface area contributed by atoms with Crippen molar-refractivity contribution in [2.45, 2.75) is 6.42 Å². The molecule has 2 amide bonds. The van der Waals surface area contributed by atoms with E-state index in [4.69, 9.17) is 0 Å². The summed E-state index contributed by atoms with van der Waals surface area (Å²) in [7, 11) is 0. The van der Waals surface area contributed by atoms with E-state index in [9.17, 15) is 14.0 Å². The van der Waals surface area contributed by atoms with Crippen LogP contribution in [0.5, 0.6) is 0 Å². The summed E-state index contributed by atoms with van der Waals surface area (Å²) < 4.78 is 11.6. The molecular weight excluding hydrogens is 149 g/mol. The highest BCUT2D eigenvalue weighted by Crippen LogP contribution is 2.03. The van der Waals surface area contributed by atoms with E-state index in [1.54, 1.807) is 0 Å². The number of nitrogens with zero attached hydrogens (tertiary/aromatic N) is 1. The van der Waals surface area contributed by atoms with E-state index >= 15 is 0 Å². The summed E-state index contributed by atoms with van der Waals surface area (Å²) in [4.78, 5) is 22.6. The van der Waals surface area contributed by atoms with Crippen molar-refractivity contribution < 1.29 is 14.0 Å². The summed E-state index contributed by atoms with van der Waals surface area (Å²) in [5.74, 6) is -0.688. The van der Waals surface area contributed by atoms with Gasteiger partial charge >= 0.3 is 0 Å². The summed E-state index contributed by atoms with van der Waals surface area (Å²) in [6, 6.07) is 0. The van der Waals surface area contributed by atoms with Gasteiger partial charge in [0.2, 0.25) is 0 Å². The minimum absolute atomic E-state index is 0.182. The van der Waals surface area contributed by atoms with Crippen LogP contribution >= 0.6 is 0 Å². The molecule has 11 heavy (non-hydrogen) atoms. The number of halogens is 1. The van der Waals surface area contributed by atoms with E-state index in [1.807, 2.05) is 0 Å². The number of amides is 2. The Morgan fingerprint density at radius 1 is 1.27 bits per heavy atom. The average molecular weight is 157 g/mol. The van der Waals surface area contributed by atoms with E-state index in [0.29, 0.717) is 0 Å². The van der Waals surface area contributed by atoms with E-state index in [2.05, 4.69) is 0 Å². The summed E-state index contributed by atoms with van der Waals surface area (Å²) in [5, 5.41) is 0. The summed E-state index contributed by atoms with van der Waals surface area (Å²) in [6.07, 6.45) is 2.61. The first kappa shape index (κ1) is 7.91. The van der Waals surface area contributed by atoms with E-state index in [1.165, 1.54) is 12.2 Å². The molecule has 1 aliphatic heterocycles. The van der Waals surface area contributed by atoms with Gasteiger partial charge in [-0.3, -0.25) is 18.9 Å². The molecule has 1 aliphatic rings. The van der Waals surface area contributed by atoms with Gasteiger partial charge in [0.25, 0.3) is 11.8 Å². The fourth-order valence-corrected chi connectivity index (χ4v) is 0.869. The zero-order chi connectivity index (χ0) is 8.27. The van der Waals surface area contributed by atoms with Gasteiger partial charge in [-0.2, -0.15) is 0 Å². The third-order valence-electron chi connectivity index (χ3n) is 1.42. The largest absolute Gasteiger partial charge is 0.275 e. The van der Waals surface area contributed by atoms with Gasteiger partial charge in [0.15, 0.2) is 0 Å². The smallest absolute Gasteiger partial charge is 0.253 e. The molecule has 0 radical (unpaired) electrons. The lowest BCUT2D eigenvalue weighted by atomic mass is 10.4. The average Bonchev–Trinajstić information content (AvgIpc) is 2.29. The van der Waals surface area contributed by atoms with Crippen molar-refractivity contribution in [2.24, 2.45) is 0 Å². The van der Waals surface area contributed by atoms with Gasteiger partial charge in [-0.25, -0.2) is 0 Å². The first-order valence-corrected chi connectivity index (χ1v) is 3.35. The van der Waals surface area contributed by atoms with Gasteiger partial charge in [0.1, 0.15) is 0 Å². The lowest BCUT2D eigenvalue weighted by Crippen LogP contribution is -2.31. The summed E-state index contributed by atoms with van der Waals surface area (Å²) >= 11 is 0. The Hall–Kier alpha value is -1.19. The van der Waals surface area contributed by atoms with Crippen LogP contribution in [0.15, 0.2) is 12.2 Å². The van der Waals surface area contributed by atoms with Crippen molar-refractivity contribution in [1.82, 2.24) is 4.90 Å². The molecule has 0 saturated heterocycles. The maximum Gasteiger partial charge on any atom is 0.253 e. The Kier molecular flexibility index (Phi) is 2.36. The molecule has 0 atom stereocenters.